The highest BCUT2D eigenvalue weighted by molar-refractivity contribution is 5.90. The van der Waals surface area contributed by atoms with Gasteiger partial charge in [0.05, 0.1) is 19.1 Å². The van der Waals surface area contributed by atoms with E-state index in [1.54, 1.807) is 4.90 Å². The van der Waals surface area contributed by atoms with Gasteiger partial charge in [-0.05, 0) is 18.9 Å². The van der Waals surface area contributed by atoms with Crippen molar-refractivity contribution in [3.8, 4) is 5.75 Å². The number of carbonyl (C=O) groups excluding carboxylic acids is 1. The third-order valence-corrected chi connectivity index (χ3v) is 3.54. The molecule has 3 N–H and O–H groups in total. The van der Waals surface area contributed by atoms with E-state index in [1.807, 2.05) is 31.2 Å². The van der Waals surface area contributed by atoms with Crippen molar-refractivity contribution in [1.82, 2.24) is 4.90 Å². The van der Waals surface area contributed by atoms with Crippen LogP contribution >= 0.6 is 0 Å². The average Bonchev–Trinajstić information content (AvgIpc) is 2.53. The Kier molecular flexibility index (Phi) is 5.03. The number of rotatable bonds is 5. The second kappa shape index (κ2) is 6.97. The summed E-state index contributed by atoms with van der Waals surface area (Å²) in [5.74, 6) is 0.576. The fraction of sp³-hybridized carbons (Fsp3) is 0.467. The first-order valence-corrected chi connectivity index (χ1v) is 7.14. The molecule has 1 aliphatic heterocycles. The van der Waals surface area contributed by atoms with Gasteiger partial charge >= 0.3 is 0 Å². The summed E-state index contributed by atoms with van der Waals surface area (Å²) in [6.45, 7) is 3.23. The molecule has 1 unspecified atom stereocenters. The Morgan fingerprint density at radius 2 is 2.29 bits per heavy atom. The Hall–Kier alpha value is -2.24. The lowest BCUT2D eigenvalue weighted by Crippen LogP contribution is -2.42. The zero-order valence-electron chi connectivity index (χ0n) is 12.2. The van der Waals surface area contributed by atoms with Crippen molar-refractivity contribution >= 4 is 11.7 Å². The highest BCUT2D eigenvalue weighted by Crippen LogP contribution is 2.34. The average molecular weight is 291 g/mol. The van der Waals surface area contributed by atoms with E-state index in [0.717, 1.165) is 17.7 Å². The molecule has 0 saturated carbocycles. The lowest BCUT2D eigenvalue weighted by molar-refractivity contribution is -0.132. The number of carbonyl (C=O) groups is 1. The van der Waals surface area contributed by atoms with Crippen LogP contribution in [0.4, 0.5) is 0 Å². The molecule has 0 radical (unpaired) electrons. The first-order chi connectivity index (χ1) is 10.2. The number of hydrogen-bond donors (Lipinski definition) is 2. The number of oxime groups is 1. The summed E-state index contributed by atoms with van der Waals surface area (Å²) in [5.41, 5.74) is 6.46. The highest BCUT2D eigenvalue weighted by atomic mass is 16.5. The van der Waals surface area contributed by atoms with E-state index in [9.17, 15) is 4.79 Å². The molecule has 0 aliphatic carbocycles. The van der Waals surface area contributed by atoms with E-state index >= 15 is 0 Å². The van der Waals surface area contributed by atoms with Crippen molar-refractivity contribution in [3.05, 3.63) is 29.8 Å². The van der Waals surface area contributed by atoms with Crippen molar-refractivity contribution in [2.75, 3.05) is 19.7 Å². The quantitative estimate of drug-likeness (QED) is 0.373. The number of hydrogen-bond acceptors (Lipinski definition) is 4. The number of ether oxygens (including phenoxy) is 1. The number of benzene rings is 1. The van der Waals surface area contributed by atoms with Crippen molar-refractivity contribution in [2.45, 2.75) is 25.7 Å². The molecule has 1 amide bonds. The molecule has 1 heterocycles. The molecule has 21 heavy (non-hydrogen) atoms. The minimum atomic E-state index is -0.229. The fourth-order valence-electron chi connectivity index (χ4n) is 2.58. The summed E-state index contributed by atoms with van der Waals surface area (Å²) in [7, 11) is 0. The number of nitrogens with zero attached hydrogens (tertiary/aromatic N) is 2. The van der Waals surface area contributed by atoms with Gasteiger partial charge in [-0.1, -0.05) is 30.3 Å². The SMILES string of the molecule is CCCN(CC(N)=NO)C(=O)C1CCOc2ccccc21. The highest BCUT2D eigenvalue weighted by Gasteiger charge is 2.30. The third-order valence-electron chi connectivity index (χ3n) is 3.54. The van der Waals surface area contributed by atoms with E-state index in [0.29, 0.717) is 19.6 Å². The van der Waals surface area contributed by atoms with Crippen LogP contribution in [0.3, 0.4) is 0 Å². The zero-order chi connectivity index (χ0) is 15.2. The first kappa shape index (κ1) is 15.2. The summed E-state index contributed by atoms with van der Waals surface area (Å²) in [5, 5.41) is 11.7. The minimum absolute atomic E-state index is 0.000741. The van der Waals surface area contributed by atoms with E-state index in [1.165, 1.54) is 0 Å². The van der Waals surface area contributed by atoms with Crippen molar-refractivity contribution in [3.63, 3.8) is 0 Å². The summed E-state index contributed by atoms with van der Waals surface area (Å²) in [6.07, 6.45) is 1.46. The third kappa shape index (κ3) is 3.45. The smallest absolute Gasteiger partial charge is 0.230 e. The van der Waals surface area contributed by atoms with Gasteiger partial charge in [0, 0.05) is 12.1 Å². The molecule has 0 spiro atoms. The molecular formula is C15H21N3O3. The molecule has 1 aliphatic rings. The Morgan fingerprint density at radius 1 is 1.52 bits per heavy atom. The fourth-order valence-corrected chi connectivity index (χ4v) is 2.58. The largest absolute Gasteiger partial charge is 0.493 e. The standard InChI is InChI=1S/C15H21N3O3/c1-2-8-18(10-14(16)17-20)15(19)12-7-9-21-13-6-4-3-5-11(12)13/h3-6,12,20H,2,7-10H2,1H3,(H2,16,17). The molecular weight excluding hydrogens is 270 g/mol. The van der Waals surface area contributed by atoms with Crippen molar-refractivity contribution < 1.29 is 14.7 Å². The summed E-state index contributed by atoms with van der Waals surface area (Å²) >= 11 is 0. The number of nitrogens with two attached hydrogens (primary N) is 1. The summed E-state index contributed by atoms with van der Waals surface area (Å²) in [6, 6.07) is 7.60. The number of para-hydroxylation sites is 1. The van der Waals surface area contributed by atoms with E-state index in [2.05, 4.69) is 5.16 Å². The van der Waals surface area contributed by atoms with E-state index in [4.69, 9.17) is 15.7 Å². The van der Waals surface area contributed by atoms with Crippen LogP contribution in [0.25, 0.3) is 0 Å². The predicted octanol–water partition coefficient (Wildman–Crippen LogP) is 1.54. The monoisotopic (exact) mass is 291 g/mol. The first-order valence-electron chi connectivity index (χ1n) is 7.14. The summed E-state index contributed by atoms with van der Waals surface area (Å²) < 4.78 is 5.59. The Bertz CT molecular complexity index is 531. The Morgan fingerprint density at radius 3 is 3.00 bits per heavy atom. The van der Waals surface area contributed by atoms with Crippen LogP contribution in [0.5, 0.6) is 5.75 Å². The van der Waals surface area contributed by atoms with Crippen LogP contribution in [-0.2, 0) is 4.79 Å². The van der Waals surface area contributed by atoms with Crippen LogP contribution in [0.2, 0.25) is 0 Å². The van der Waals surface area contributed by atoms with Crippen LogP contribution < -0.4 is 10.5 Å². The molecule has 1 aromatic rings. The van der Waals surface area contributed by atoms with Crippen molar-refractivity contribution in [2.24, 2.45) is 10.9 Å². The number of fused-ring (bicyclic) bond motifs is 1. The van der Waals surface area contributed by atoms with Crippen LogP contribution in [0.1, 0.15) is 31.2 Å². The molecule has 1 atom stereocenters. The van der Waals surface area contributed by atoms with Crippen LogP contribution in [0.15, 0.2) is 29.4 Å². The second-order valence-corrected chi connectivity index (χ2v) is 5.08. The lowest BCUT2D eigenvalue weighted by Gasteiger charge is -2.30. The minimum Gasteiger partial charge on any atom is -0.493 e. The lowest BCUT2D eigenvalue weighted by atomic mass is 9.91. The van der Waals surface area contributed by atoms with Gasteiger partial charge in [-0.2, -0.15) is 0 Å². The van der Waals surface area contributed by atoms with Gasteiger partial charge in [0.25, 0.3) is 0 Å². The maximum Gasteiger partial charge on any atom is 0.230 e. The van der Waals surface area contributed by atoms with Gasteiger partial charge in [-0.25, -0.2) is 0 Å². The molecule has 1 aromatic carbocycles. The van der Waals surface area contributed by atoms with Gasteiger partial charge in [0.1, 0.15) is 5.75 Å². The topological polar surface area (TPSA) is 88.1 Å². The molecule has 2 rings (SSSR count). The maximum absolute atomic E-state index is 12.8. The van der Waals surface area contributed by atoms with Crippen molar-refractivity contribution in [1.29, 1.82) is 0 Å². The number of amides is 1. The number of amidine groups is 1. The van der Waals surface area contributed by atoms with Gasteiger partial charge in [-0.15, -0.1) is 0 Å². The van der Waals surface area contributed by atoms with Gasteiger partial charge < -0.3 is 20.6 Å². The van der Waals surface area contributed by atoms with E-state index in [-0.39, 0.29) is 24.2 Å². The van der Waals surface area contributed by atoms with Crippen LogP contribution in [-0.4, -0.2) is 41.5 Å². The molecule has 6 nitrogen and oxygen atoms in total. The molecule has 0 saturated heterocycles. The van der Waals surface area contributed by atoms with Crippen LogP contribution in [0, 0.1) is 0 Å². The predicted molar refractivity (Wildman–Crippen MR) is 79.6 cm³/mol. The Labute approximate surface area is 124 Å². The molecule has 0 bridgehead atoms. The molecule has 0 fully saturated rings. The second-order valence-electron chi connectivity index (χ2n) is 5.08. The maximum atomic E-state index is 12.8. The van der Waals surface area contributed by atoms with Gasteiger partial charge in [0.2, 0.25) is 5.91 Å². The Balaban J connectivity index is 2.21. The zero-order valence-corrected chi connectivity index (χ0v) is 12.2. The van der Waals surface area contributed by atoms with Gasteiger partial charge in [-0.3, -0.25) is 4.79 Å². The molecule has 0 aromatic heterocycles. The molecule has 6 heteroatoms. The summed E-state index contributed by atoms with van der Waals surface area (Å²) in [4.78, 5) is 14.4. The van der Waals surface area contributed by atoms with Gasteiger partial charge in [0.15, 0.2) is 5.84 Å². The molecule has 114 valence electrons. The normalized spacial score (nSPS) is 17.8. The van der Waals surface area contributed by atoms with E-state index < -0.39 is 0 Å².